The van der Waals surface area contributed by atoms with Gasteiger partial charge in [0.05, 0.1) is 11.4 Å². The largest absolute Gasteiger partial charge is 0.380 e. The van der Waals surface area contributed by atoms with Crippen LogP contribution in [0.4, 0.5) is 11.4 Å². The fourth-order valence-electron chi connectivity index (χ4n) is 3.10. The quantitative estimate of drug-likeness (QED) is 0.347. The normalized spacial score (nSPS) is 17.9. The van der Waals surface area contributed by atoms with E-state index in [-0.39, 0.29) is 0 Å². The lowest BCUT2D eigenvalue weighted by Crippen LogP contribution is -2.14. The Bertz CT molecular complexity index is 1070. The zero-order valence-corrected chi connectivity index (χ0v) is 16.7. The molecule has 2 heterocycles. The van der Waals surface area contributed by atoms with Gasteiger partial charge in [0.15, 0.2) is 0 Å². The Morgan fingerprint density at radius 1 is 0.759 bits per heavy atom. The van der Waals surface area contributed by atoms with Gasteiger partial charge >= 0.3 is 0 Å². The zero-order valence-electron chi connectivity index (χ0n) is 15.0. The molecule has 2 atom stereocenters. The summed E-state index contributed by atoms with van der Waals surface area (Å²) in [5.74, 6) is 0. The van der Waals surface area contributed by atoms with Crippen LogP contribution in [0.15, 0.2) is 58.8 Å². The van der Waals surface area contributed by atoms with Crippen molar-refractivity contribution in [3.05, 3.63) is 48.5 Å². The van der Waals surface area contributed by atoms with Gasteiger partial charge in [-0.1, -0.05) is 12.1 Å². The summed E-state index contributed by atoms with van der Waals surface area (Å²) in [4.78, 5) is 0. The lowest BCUT2D eigenvalue weighted by Gasteiger charge is -2.11. The molecule has 1 fully saturated rings. The van der Waals surface area contributed by atoms with Crippen molar-refractivity contribution >= 4 is 36.6 Å². The average molecular weight is 425 g/mol. The van der Waals surface area contributed by atoms with E-state index in [2.05, 4.69) is 66.9 Å². The molecule has 0 spiro atoms. The molecule has 12 heteroatoms. The van der Waals surface area contributed by atoms with Gasteiger partial charge in [0.2, 0.25) is 10.3 Å². The van der Waals surface area contributed by atoms with Gasteiger partial charge in [-0.05, 0) is 63.7 Å². The maximum absolute atomic E-state index is 4.26. The van der Waals surface area contributed by atoms with E-state index < -0.39 is 0 Å². The number of nitrogens with one attached hydrogen (secondary N) is 2. The van der Waals surface area contributed by atoms with Crippen LogP contribution in [-0.2, 0) is 0 Å². The molecule has 1 saturated carbocycles. The Labute approximate surface area is 176 Å². The van der Waals surface area contributed by atoms with Crippen LogP contribution < -0.4 is 10.6 Å². The molecule has 0 amide bonds. The number of rotatable bonds is 6. The maximum Gasteiger partial charge on any atom is 0.211 e. The molecule has 2 N–H and O–H groups in total. The first kappa shape index (κ1) is 17.9. The second-order valence-electron chi connectivity index (χ2n) is 6.62. The fourth-order valence-corrected chi connectivity index (χ4v) is 3.49. The molecular weight excluding hydrogens is 408 g/mol. The highest BCUT2D eigenvalue weighted by molar-refractivity contribution is 7.80. The minimum atomic E-state index is 0.326. The summed E-state index contributed by atoms with van der Waals surface area (Å²) in [5.41, 5.74) is 3.71. The number of hydrogen-bond acceptors (Lipinski definition) is 10. The number of benzene rings is 2. The topological polar surface area (TPSA) is 111 Å². The number of aromatic nitrogens is 8. The zero-order chi connectivity index (χ0) is 19.8. The van der Waals surface area contributed by atoms with Crippen LogP contribution in [0.2, 0.25) is 0 Å². The first-order valence-corrected chi connectivity index (χ1v) is 9.75. The highest BCUT2D eigenvalue weighted by Crippen LogP contribution is 2.31. The van der Waals surface area contributed by atoms with Crippen molar-refractivity contribution in [1.82, 2.24) is 40.4 Å². The van der Waals surface area contributed by atoms with Crippen molar-refractivity contribution < 1.29 is 0 Å². The monoisotopic (exact) mass is 424 g/mol. The van der Waals surface area contributed by atoms with E-state index >= 15 is 0 Å². The van der Waals surface area contributed by atoms with Crippen LogP contribution in [0.1, 0.15) is 6.42 Å². The van der Waals surface area contributed by atoms with Gasteiger partial charge < -0.3 is 10.6 Å². The van der Waals surface area contributed by atoms with Crippen LogP contribution in [0.3, 0.4) is 0 Å². The number of anilines is 2. The van der Waals surface area contributed by atoms with Crippen molar-refractivity contribution in [2.45, 2.75) is 28.8 Å². The SMILES string of the molecule is Sc1nnnn1-c1cccc(NC2CC2Nc2cccc(-n3nnnc3S)c2)c1. The molecule has 0 saturated heterocycles. The number of nitrogens with zero attached hydrogens (tertiary/aromatic N) is 8. The smallest absolute Gasteiger partial charge is 0.211 e. The molecule has 2 aromatic heterocycles. The summed E-state index contributed by atoms with van der Waals surface area (Å²) in [6.45, 7) is 0. The molecule has 29 heavy (non-hydrogen) atoms. The van der Waals surface area contributed by atoms with Gasteiger partial charge in [-0.15, -0.1) is 35.5 Å². The molecular formula is C17H16N10S2. The molecule has 2 unspecified atom stereocenters. The lowest BCUT2D eigenvalue weighted by atomic mass is 10.2. The van der Waals surface area contributed by atoms with Gasteiger partial charge in [0.25, 0.3) is 0 Å². The van der Waals surface area contributed by atoms with Crippen LogP contribution in [0.25, 0.3) is 11.4 Å². The minimum Gasteiger partial charge on any atom is -0.380 e. The standard InChI is InChI=1S/C17H16N10S2/c28-16-20-22-24-26(16)12-5-1-3-10(7-12)18-14-9-15(14)19-11-4-2-6-13(8-11)27-17(29)21-23-25-27/h1-8,14-15,18-19H,9H2,(H,20,24,28)(H,21,25,29). The molecule has 2 aromatic carbocycles. The molecule has 1 aliphatic rings. The third-order valence-electron chi connectivity index (χ3n) is 4.58. The number of hydrogen-bond donors (Lipinski definition) is 4. The molecule has 4 aromatic rings. The fraction of sp³-hybridized carbons (Fsp3) is 0.176. The van der Waals surface area contributed by atoms with Crippen LogP contribution >= 0.6 is 25.3 Å². The summed E-state index contributed by atoms with van der Waals surface area (Å²) < 4.78 is 3.16. The van der Waals surface area contributed by atoms with Crippen molar-refractivity contribution in [1.29, 1.82) is 0 Å². The van der Waals surface area contributed by atoms with E-state index in [0.717, 1.165) is 29.2 Å². The predicted molar refractivity (Wildman–Crippen MR) is 112 cm³/mol. The molecule has 10 nitrogen and oxygen atoms in total. The molecule has 0 bridgehead atoms. The van der Waals surface area contributed by atoms with Crippen LogP contribution in [-0.4, -0.2) is 52.5 Å². The second-order valence-corrected chi connectivity index (χ2v) is 7.42. The third kappa shape index (κ3) is 3.76. The predicted octanol–water partition coefficient (Wildman–Crippen LogP) is 1.88. The van der Waals surface area contributed by atoms with E-state index in [4.69, 9.17) is 0 Å². The van der Waals surface area contributed by atoms with Gasteiger partial charge in [0, 0.05) is 23.5 Å². The van der Waals surface area contributed by atoms with E-state index in [1.54, 1.807) is 9.36 Å². The average Bonchev–Trinajstić information content (AvgIpc) is 3.09. The summed E-state index contributed by atoms with van der Waals surface area (Å²) in [5, 5.41) is 30.7. The van der Waals surface area contributed by atoms with Gasteiger partial charge in [-0.3, -0.25) is 0 Å². The summed E-state index contributed by atoms with van der Waals surface area (Å²) in [6, 6.07) is 16.5. The Hall–Kier alpha value is -3.12. The summed E-state index contributed by atoms with van der Waals surface area (Å²) >= 11 is 8.52. The molecule has 1 aliphatic carbocycles. The van der Waals surface area contributed by atoms with Crippen LogP contribution in [0.5, 0.6) is 0 Å². The van der Waals surface area contributed by atoms with E-state index in [1.165, 1.54) is 0 Å². The van der Waals surface area contributed by atoms with Gasteiger partial charge in [0.1, 0.15) is 0 Å². The lowest BCUT2D eigenvalue weighted by molar-refractivity contribution is 0.758. The Balaban J connectivity index is 1.25. The van der Waals surface area contributed by atoms with Crippen molar-refractivity contribution in [2.75, 3.05) is 10.6 Å². The molecule has 146 valence electrons. The van der Waals surface area contributed by atoms with Crippen molar-refractivity contribution in [3.8, 4) is 11.4 Å². The highest BCUT2D eigenvalue weighted by Gasteiger charge is 2.37. The Morgan fingerprint density at radius 2 is 1.24 bits per heavy atom. The van der Waals surface area contributed by atoms with Gasteiger partial charge in [-0.2, -0.15) is 9.36 Å². The van der Waals surface area contributed by atoms with E-state index in [0.29, 0.717) is 22.4 Å². The summed E-state index contributed by atoms with van der Waals surface area (Å²) in [7, 11) is 0. The van der Waals surface area contributed by atoms with Crippen molar-refractivity contribution in [2.24, 2.45) is 0 Å². The van der Waals surface area contributed by atoms with Crippen LogP contribution in [0, 0.1) is 0 Å². The second kappa shape index (κ2) is 7.37. The first-order valence-electron chi connectivity index (χ1n) is 8.86. The molecule has 0 aliphatic heterocycles. The van der Waals surface area contributed by atoms with E-state index in [9.17, 15) is 0 Å². The third-order valence-corrected chi connectivity index (χ3v) is 5.14. The molecule has 0 radical (unpaired) electrons. The maximum atomic E-state index is 4.26. The minimum absolute atomic E-state index is 0.326. The van der Waals surface area contributed by atoms with E-state index in [1.807, 2.05) is 48.5 Å². The Kier molecular flexibility index (Phi) is 4.56. The highest BCUT2D eigenvalue weighted by atomic mass is 32.1. The van der Waals surface area contributed by atoms with Gasteiger partial charge in [-0.25, -0.2) is 0 Å². The molecule has 5 rings (SSSR count). The number of tetrazole rings is 2. The Morgan fingerprint density at radius 3 is 1.66 bits per heavy atom. The van der Waals surface area contributed by atoms with Crippen molar-refractivity contribution in [3.63, 3.8) is 0 Å². The summed E-state index contributed by atoms with van der Waals surface area (Å²) in [6.07, 6.45) is 1.01. The number of thiol groups is 2. The first-order chi connectivity index (χ1) is 14.2.